The van der Waals surface area contributed by atoms with Crippen LogP contribution in [-0.2, 0) is 0 Å². The largest absolute Gasteiger partial charge is 0.465 e. The van der Waals surface area contributed by atoms with E-state index in [1.54, 1.807) is 6.33 Å². The summed E-state index contributed by atoms with van der Waals surface area (Å²) in [5.41, 5.74) is 3.40. The van der Waals surface area contributed by atoms with E-state index in [1.807, 2.05) is 18.3 Å². The molecule has 22 heavy (non-hydrogen) atoms. The second kappa shape index (κ2) is 4.84. The van der Waals surface area contributed by atoms with Crippen molar-refractivity contribution in [3.8, 4) is 11.3 Å². The zero-order valence-corrected chi connectivity index (χ0v) is 12.0. The Bertz CT molecular complexity index is 727. The minimum atomic E-state index is -0.965. The lowest BCUT2D eigenvalue weighted by atomic mass is 9.83. The molecule has 1 fully saturated rings. The average Bonchev–Trinajstić information content (AvgIpc) is 3.08. The Balaban J connectivity index is 1.70. The first-order valence-corrected chi connectivity index (χ1v) is 7.44. The van der Waals surface area contributed by atoms with E-state index in [2.05, 4.69) is 21.7 Å². The zero-order valence-electron chi connectivity index (χ0n) is 12.0. The van der Waals surface area contributed by atoms with Crippen molar-refractivity contribution in [1.82, 2.24) is 14.5 Å². The van der Waals surface area contributed by atoms with Crippen LogP contribution >= 0.6 is 0 Å². The van der Waals surface area contributed by atoms with Gasteiger partial charge in [-0.15, -0.1) is 0 Å². The Morgan fingerprint density at radius 1 is 1.32 bits per heavy atom. The maximum Gasteiger partial charge on any atom is 0.407 e. The highest BCUT2D eigenvalue weighted by atomic mass is 16.4. The predicted octanol–water partition coefficient (Wildman–Crippen LogP) is 1.81. The lowest BCUT2D eigenvalue weighted by Gasteiger charge is -2.38. The number of imidazole rings is 1. The first-order chi connectivity index (χ1) is 10.7. The molecule has 0 spiro atoms. The summed E-state index contributed by atoms with van der Waals surface area (Å²) in [5, 5.41) is 19.6. The second-order valence-electron chi connectivity index (χ2n) is 5.97. The van der Waals surface area contributed by atoms with Gasteiger partial charge >= 0.3 is 6.09 Å². The van der Waals surface area contributed by atoms with Crippen molar-refractivity contribution in [1.29, 1.82) is 0 Å². The Morgan fingerprint density at radius 3 is 2.91 bits per heavy atom. The lowest BCUT2D eigenvalue weighted by Crippen LogP contribution is -2.48. The molecule has 1 amide bonds. The van der Waals surface area contributed by atoms with Crippen molar-refractivity contribution in [2.75, 3.05) is 13.1 Å². The minimum absolute atomic E-state index is 0.00722. The first kappa shape index (κ1) is 13.3. The highest BCUT2D eigenvalue weighted by Gasteiger charge is 2.40. The fourth-order valence-corrected chi connectivity index (χ4v) is 3.80. The molecule has 2 aliphatic heterocycles. The van der Waals surface area contributed by atoms with Crippen molar-refractivity contribution < 1.29 is 15.0 Å². The summed E-state index contributed by atoms with van der Waals surface area (Å²) in [6.45, 7) is 0.627. The number of amides is 1. The summed E-state index contributed by atoms with van der Waals surface area (Å²) in [7, 11) is 0. The standard InChI is InChI=1S/C16H17N3O3/c20-14-8-18(16(21)22)6-5-12(14)15-11-4-2-1-3-10(11)13-7-17-9-19(13)15/h1-4,7,9,12,14-15,20H,5-6,8H2,(H,21,22)/t12-,14-,15-/m0/s1. The van der Waals surface area contributed by atoms with Crippen LogP contribution in [0.25, 0.3) is 11.3 Å². The fraction of sp³-hybridized carbons (Fsp3) is 0.375. The van der Waals surface area contributed by atoms with Crippen LogP contribution in [0.15, 0.2) is 36.8 Å². The summed E-state index contributed by atoms with van der Waals surface area (Å²) >= 11 is 0. The molecule has 6 heteroatoms. The third-order valence-corrected chi connectivity index (χ3v) is 4.83. The van der Waals surface area contributed by atoms with E-state index in [1.165, 1.54) is 10.5 Å². The van der Waals surface area contributed by atoms with E-state index in [4.69, 9.17) is 5.11 Å². The number of aliphatic hydroxyl groups is 1. The molecule has 6 nitrogen and oxygen atoms in total. The van der Waals surface area contributed by atoms with E-state index in [0.717, 1.165) is 11.3 Å². The number of carboxylic acid groups (broad SMARTS) is 1. The third-order valence-electron chi connectivity index (χ3n) is 4.83. The number of fused-ring (bicyclic) bond motifs is 3. The minimum Gasteiger partial charge on any atom is -0.465 e. The molecule has 1 aromatic carbocycles. The molecular formula is C16H17N3O3. The summed E-state index contributed by atoms with van der Waals surface area (Å²) in [6, 6.07) is 8.19. The van der Waals surface area contributed by atoms with E-state index in [-0.39, 0.29) is 18.5 Å². The van der Waals surface area contributed by atoms with Crippen molar-refractivity contribution in [2.24, 2.45) is 5.92 Å². The van der Waals surface area contributed by atoms with Crippen LogP contribution in [0.4, 0.5) is 4.79 Å². The summed E-state index contributed by atoms with van der Waals surface area (Å²) < 4.78 is 2.11. The quantitative estimate of drug-likeness (QED) is 0.842. The van der Waals surface area contributed by atoms with Crippen LogP contribution in [0.1, 0.15) is 18.0 Å². The highest BCUT2D eigenvalue weighted by Crippen LogP contribution is 2.45. The third kappa shape index (κ3) is 1.84. The number of benzene rings is 1. The van der Waals surface area contributed by atoms with E-state index in [9.17, 15) is 9.90 Å². The first-order valence-electron chi connectivity index (χ1n) is 7.44. The monoisotopic (exact) mass is 299 g/mol. The van der Waals surface area contributed by atoms with Crippen molar-refractivity contribution in [3.63, 3.8) is 0 Å². The maximum absolute atomic E-state index is 11.1. The van der Waals surface area contributed by atoms with E-state index >= 15 is 0 Å². The van der Waals surface area contributed by atoms with Gasteiger partial charge < -0.3 is 19.7 Å². The molecule has 3 heterocycles. The molecule has 0 radical (unpaired) electrons. The molecule has 2 aliphatic rings. The number of carbonyl (C=O) groups is 1. The second-order valence-corrected chi connectivity index (χ2v) is 5.97. The number of likely N-dealkylation sites (tertiary alicyclic amines) is 1. The molecular weight excluding hydrogens is 282 g/mol. The van der Waals surface area contributed by atoms with Gasteiger partial charge in [0.1, 0.15) is 0 Å². The highest BCUT2D eigenvalue weighted by molar-refractivity contribution is 5.69. The van der Waals surface area contributed by atoms with Gasteiger partial charge in [-0.2, -0.15) is 0 Å². The van der Waals surface area contributed by atoms with Crippen LogP contribution in [0.5, 0.6) is 0 Å². The fourth-order valence-electron chi connectivity index (χ4n) is 3.80. The number of β-amino-alcohol motifs (C(OH)–C–C–N with tert-alkyl or cyclic N) is 1. The maximum atomic E-state index is 11.1. The van der Waals surface area contributed by atoms with Crippen LogP contribution < -0.4 is 0 Å². The molecule has 0 aliphatic carbocycles. The Morgan fingerprint density at radius 2 is 2.14 bits per heavy atom. The predicted molar refractivity (Wildman–Crippen MR) is 79.5 cm³/mol. The summed E-state index contributed by atoms with van der Waals surface area (Å²) in [4.78, 5) is 16.6. The Hall–Kier alpha value is -2.34. The van der Waals surface area contributed by atoms with Gasteiger partial charge in [0, 0.05) is 18.0 Å². The smallest absolute Gasteiger partial charge is 0.407 e. The van der Waals surface area contributed by atoms with Crippen LogP contribution in [-0.4, -0.2) is 50.0 Å². The molecule has 0 bridgehead atoms. The zero-order chi connectivity index (χ0) is 15.3. The summed E-state index contributed by atoms with van der Waals surface area (Å²) in [6.07, 6.45) is 2.65. The van der Waals surface area contributed by atoms with Crippen LogP contribution in [0.2, 0.25) is 0 Å². The molecule has 1 aromatic heterocycles. The van der Waals surface area contributed by atoms with Gasteiger partial charge in [-0.25, -0.2) is 9.78 Å². The number of aromatic nitrogens is 2. The number of aliphatic hydroxyl groups excluding tert-OH is 1. The normalized spacial score (nSPS) is 26.6. The molecule has 2 N–H and O–H groups in total. The molecule has 4 rings (SSSR count). The number of nitrogens with zero attached hydrogens (tertiary/aromatic N) is 3. The molecule has 114 valence electrons. The van der Waals surface area contributed by atoms with Crippen molar-refractivity contribution >= 4 is 6.09 Å². The van der Waals surface area contributed by atoms with Gasteiger partial charge in [0.05, 0.1) is 36.9 Å². The van der Waals surface area contributed by atoms with Gasteiger partial charge in [-0.1, -0.05) is 24.3 Å². The Labute approximate surface area is 127 Å². The molecule has 3 atom stereocenters. The van der Waals surface area contributed by atoms with Gasteiger partial charge in [0.15, 0.2) is 0 Å². The number of hydrogen-bond acceptors (Lipinski definition) is 3. The topological polar surface area (TPSA) is 78.6 Å². The van der Waals surface area contributed by atoms with Gasteiger partial charge in [-0.05, 0) is 12.0 Å². The SMILES string of the molecule is O=C(O)N1CC[C@H]([C@@H]2c3ccccc3-c3cncn32)[C@@H](O)C1. The number of piperidine rings is 1. The molecule has 1 saturated heterocycles. The Kier molecular flexibility index (Phi) is 2.94. The van der Waals surface area contributed by atoms with Crippen LogP contribution in [0.3, 0.4) is 0 Å². The molecule has 2 aromatic rings. The number of rotatable bonds is 1. The summed E-state index contributed by atoms with van der Waals surface area (Å²) in [5.74, 6) is -0.00722. The molecule has 0 saturated carbocycles. The van der Waals surface area contributed by atoms with Crippen molar-refractivity contribution in [3.05, 3.63) is 42.4 Å². The van der Waals surface area contributed by atoms with Crippen molar-refractivity contribution in [2.45, 2.75) is 18.6 Å². The van der Waals surface area contributed by atoms with E-state index in [0.29, 0.717) is 13.0 Å². The average molecular weight is 299 g/mol. The van der Waals surface area contributed by atoms with Gasteiger partial charge in [-0.3, -0.25) is 0 Å². The lowest BCUT2D eigenvalue weighted by molar-refractivity contribution is 0.0111. The molecule has 0 unspecified atom stereocenters. The van der Waals surface area contributed by atoms with Gasteiger partial charge in [0.2, 0.25) is 0 Å². The number of hydrogen-bond donors (Lipinski definition) is 2. The van der Waals surface area contributed by atoms with Gasteiger partial charge in [0.25, 0.3) is 0 Å². The van der Waals surface area contributed by atoms with Crippen LogP contribution in [0, 0.1) is 5.92 Å². The van der Waals surface area contributed by atoms with E-state index < -0.39 is 12.2 Å².